The van der Waals surface area contributed by atoms with E-state index in [-0.39, 0.29) is 18.2 Å². The Morgan fingerprint density at radius 2 is 1.93 bits per heavy atom. The highest BCUT2D eigenvalue weighted by Gasteiger charge is 2.23. The molecule has 7 nitrogen and oxygen atoms in total. The summed E-state index contributed by atoms with van der Waals surface area (Å²) in [5.74, 6) is -0.932. The number of para-hydroxylation sites is 1. The fourth-order valence-electron chi connectivity index (χ4n) is 2.99. The molecule has 1 heterocycles. The number of nitrogens with zero attached hydrogens (tertiary/aromatic N) is 1. The minimum atomic E-state index is -1.07. The van der Waals surface area contributed by atoms with Crippen LogP contribution in [0.15, 0.2) is 48.5 Å². The lowest BCUT2D eigenvalue weighted by molar-refractivity contribution is -0.139. The number of rotatable bonds is 7. The molecule has 2 amide bonds. The van der Waals surface area contributed by atoms with Crippen LogP contribution in [0.25, 0.3) is 0 Å². The first kappa shape index (κ1) is 18.4. The van der Waals surface area contributed by atoms with Gasteiger partial charge in [0.2, 0.25) is 11.8 Å². The van der Waals surface area contributed by atoms with Crippen molar-refractivity contribution in [2.24, 2.45) is 0 Å². The van der Waals surface area contributed by atoms with Crippen molar-refractivity contribution in [3.63, 3.8) is 0 Å². The number of aliphatic carboxylic acids is 1. The fourth-order valence-corrected chi connectivity index (χ4v) is 2.99. The Morgan fingerprint density at radius 1 is 1.11 bits per heavy atom. The lowest BCUT2D eigenvalue weighted by Gasteiger charge is -2.29. The van der Waals surface area contributed by atoms with Crippen molar-refractivity contribution in [2.75, 3.05) is 23.4 Å². The van der Waals surface area contributed by atoms with Gasteiger partial charge in [-0.15, -0.1) is 0 Å². The molecular weight excluding hydrogens is 348 g/mol. The molecule has 3 rings (SSSR count). The first-order chi connectivity index (χ1) is 13.0. The summed E-state index contributed by atoms with van der Waals surface area (Å²) in [6.07, 6.45) is 1.32. The van der Waals surface area contributed by atoms with Crippen LogP contribution in [0.1, 0.15) is 18.4 Å². The third-order valence-corrected chi connectivity index (χ3v) is 4.23. The van der Waals surface area contributed by atoms with Crippen molar-refractivity contribution < 1.29 is 24.2 Å². The number of hydrogen-bond donors (Lipinski definition) is 2. The second-order valence-corrected chi connectivity index (χ2v) is 6.18. The molecule has 0 unspecified atom stereocenters. The van der Waals surface area contributed by atoms with Crippen LogP contribution in [0.2, 0.25) is 0 Å². The summed E-state index contributed by atoms with van der Waals surface area (Å²) in [5.41, 5.74) is 2.49. The maximum absolute atomic E-state index is 12.3. The normalized spacial score (nSPS) is 13.0. The second kappa shape index (κ2) is 8.35. The zero-order valence-electron chi connectivity index (χ0n) is 14.7. The number of carbonyl (C=O) groups is 3. The zero-order valence-corrected chi connectivity index (χ0v) is 14.7. The summed E-state index contributed by atoms with van der Waals surface area (Å²) in [6.45, 7) is -0.148. The van der Waals surface area contributed by atoms with E-state index in [1.165, 1.54) is 0 Å². The summed E-state index contributed by atoms with van der Waals surface area (Å²) in [6, 6.07) is 14.2. The number of carboxylic acid groups (broad SMARTS) is 1. The van der Waals surface area contributed by atoms with Gasteiger partial charge in [-0.2, -0.15) is 0 Å². The number of amides is 2. The first-order valence-electron chi connectivity index (χ1n) is 8.66. The van der Waals surface area contributed by atoms with Crippen LogP contribution in [0, 0.1) is 0 Å². The molecule has 0 aliphatic carbocycles. The summed E-state index contributed by atoms with van der Waals surface area (Å²) < 4.78 is 5.09. The van der Waals surface area contributed by atoms with Crippen LogP contribution in [0.3, 0.4) is 0 Å². The number of benzene rings is 2. The maximum Gasteiger partial charge on any atom is 0.341 e. The van der Waals surface area contributed by atoms with Crippen molar-refractivity contribution in [2.45, 2.75) is 19.3 Å². The highest BCUT2D eigenvalue weighted by molar-refractivity contribution is 5.98. The van der Waals surface area contributed by atoms with Crippen LogP contribution < -0.4 is 15.0 Å². The maximum atomic E-state index is 12.3. The molecule has 0 fully saturated rings. The number of fused-ring (bicyclic) bond motifs is 1. The highest BCUT2D eigenvalue weighted by Crippen LogP contribution is 2.27. The van der Waals surface area contributed by atoms with Gasteiger partial charge in [0.05, 0.1) is 0 Å². The van der Waals surface area contributed by atoms with Crippen LogP contribution in [0.4, 0.5) is 11.4 Å². The minimum absolute atomic E-state index is 0.0190. The number of anilines is 2. The molecule has 0 saturated carbocycles. The van der Waals surface area contributed by atoms with Gasteiger partial charge in [0.25, 0.3) is 0 Å². The zero-order chi connectivity index (χ0) is 19.2. The van der Waals surface area contributed by atoms with Crippen LogP contribution >= 0.6 is 0 Å². The van der Waals surface area contributed by atoms with Crippen molar-refractivity contribution in [3.05, 3.63) is 54.1 Å². The van der Waals surface area contributed by atoms with E-state index in [1.807, 2.05) is 24.3 Å². The van der Waals surface area contributed by atoms with Gasteiger partial charge < -0.3 is 20.1 Å². The van der Waals surface area contributed by atoms with Crippen molar-refractivity contribution in [1.29, 1.82) is 0 Å². The quantitative estimate of drug-likeness (QED) is 0.783. The molecule has 27 heavy (non-hydrogen) atoms. The van der Waals surface area contributed by atoms with Crippen LogP contribution in [0.5, 0.6) is 5.75 Å². The minimum Gasteiger partial charge on any atom is -0.482 e. The van der Waals surface area contributed by atoms with Gasteiger partial charge in [0.15, 0.2) is 6.61 Å². The molecule has 0 bridgehead atoms. The summed E-state index contributed by atoms with van der Waals surface area (Å²) in [7, 11) is 0. The van der Waals surface area contributed by atoms with E-state index in [2.05, 4.69) is 5.32 Å². The Kier molecular flexibility index (Phi) is 5.71. The van der Waals surface area contributed by atoms with Crippen LogP contribution in [-0.2, 0) is 20.8 Å². The molecule has 0 radical (unpaired) electrons. The van der Waals surface area contributed by atoms with Crippen molar-refractivity contribution >= 4 is 29.2 Å². The van der Waals surface area contributed by atoms with E-state index in [0.717, 1.165) is 17.7 Å². The Morgan fingerprint density at radius 3 is 2.74 bits per heavy atom. The first-order valence-corrected chi connectivity index (χ1v) is 8.66. The number of carboxylic acids is 1. The predicted octanol–water partition coefficient (Wildman–Crippen LogP) is 2.46. The third-order valence-electron chi connectivity index (χ3n) is 4.23. The van der Waals surface area contributed by atoms with E-state index in [4.69, 9.17) is 9.84 Å². The Hall–Kier alpha value is -3.35. The van der Waals surface area contributed by atoms with E-state index < -0.39 is 12.6 Å². The molecule has 0 saturated heterocycles. The third kappa shape index (κ3) is 4.84. The lowest BCUT2D eigenvalue weighted by Crippen LogP contribution is -2.37. The molecule has 0 spiro atoms. The Balaban J connectivity index is 1.58. The van der Waals surface area contributed by atoms with Gasteiger partial charge in [-0.05, 0) is 30.2 Å². The lowest BCUT2D eigenvalue weighted by atomic mass is 10.0. The molecule has 2 aromatic rings. The van der Waals surface area contributed by atoms with Gasteiger partial charge >= 0.3 is 5.97 Å². The number of hydrogen-bond acceptors (Lipinski definition) is 4. The topological polar surface area (TPSA) is 95.9 Å². The van der Waals surface area contributed by atoms with Crippen molar-refractivity contribution in [3.8, 4) is 5.75 Å². The molecule has 7 heteroatoms. The average Bonchev–Trinajstić information content (AvgIpc) is 2.66. The van der Waals surface area contributed by atoms with Gasteiger partial charge in [0.1, 0.15) is 5.75 Å². The fraction of sp³-hybridized carbons (Fsp3) is 0.250. The number of carbonyl (C=O) groups excluding carboxylic acids is 2. The summed E-state index contributed by atoms with van der Waals surface area (Å²) in [5, 5.41) is 11.4. The molecule has 1 aliphatic heterocycles. The van der Waals surface area contributed by atoms with Crippen LogP contribution in [-0.4, -0.2) is 36.0 Å². The summed E-state index contributed by atoms with van der Waals surface area (Å²) in [4.78, 5) is 36.7. The van der Waals surface area contributed by atoms with Gasteiger partial charge in [0, 0.05) is 36.8 Å². The molecule has 140 valence electrons. The number of aryl methyl sites for hydroxylation is 1. The average molecular weight is 368 g/mol. The number of nitrogens with one attached hydrogen (secondary N) is 1. The second-order valence-electron chi connectivity index (χ2n) is 6.18. The Labute approximate surface area is 156 Å². The highest BCUT2D eigenvalue weighted by atomic mass is 16.5. The smallest absolute Gasteiger partial charge is 0.341 e. The molecule has 2 aromatic carbocycles. The monoisotopic (exact) mass is 368 g/mol. The molecule has 1 aliphatic rings. The molecule has 2 N–H and O–H groups in total. The summed E-state index contributed by atoms with van der Waals surface area (Å²) >= 11 is 0. The largest absolute Gasteiger partial charge is 0.482 e. The van der Waals surface area contributed by atoms with E-state index in [1.54, 1.807) is 29.2 Å². The molecular formula is C20H20N2O5. The van der Waals surface area contributed by atoms with E-state index in [0.29, 0.717) is 24.4 Å². The van der Waals surface area contributed by atoms with Gasteiger partial charge in [-0.1, -0.05) is 24.3 Å². The van der Waals surface area contributed by atoms with Gasteiger partial charge in [-0.3, -0.25) is 9.59 Å². The Bertz CT molecular complexity index is 865. The van der Waals surface area contributed by atoms with E-state index >= 15 is 0 Å². The van der Waals surface area contributed by atoms with E-state index in [9.17, 15) is 14.4 Å². The SMILES string of the molecule is O=C(O)COc1cccc(NC(=O)CCN2C(=O)CCc3ccccc32)c1. The number of ether oxygens (including phenoxy) is 1. The predicted molar refractivity (Wildman–Crippen MR) is 99.9 cm³/mol. The van der Waals surface area contributed by atoms with Gasteiger partial charge in [-0.25, -0.2) is 4.79 Å². The standard InChI is InChI=1S/C20H20N2O5/c23-18(21-15-5-3-6-16(12-15)27-13-20(25)26)10-11-22-17-7-2-1-4-14(17)8-9-19(22)24/h1-7,12H,8-11,13H2,(H,21,23)(H,25,26). The molecule has 0 aromatic heterocycles. The van der Waals surface area contributed by atoms with Crippen molar-refractivity contribution in [1.82, 2.24) is 0 Å². The molecule has 0 atom stereocenters.